The van der Waals surface area contributed by atoms with E-state index in [9.17, 15) is 44.8 Å². The normalized spacial score (nSPS) is 12.5. The van der Waals surface area contributed by atoms with Crippen LogP contribution in [-0.2, 0) is 33.1 Å². The van der Waals surface area contributed by atoms with E-state index < -0.39 is 46.6 Å². The number of esters is 1. The maximum Gasteiger partial charge on any atom is 1.00 e. The number of carboxylic acids is 2. The summed E-state index contributed by atoms with van der Waals surface area (Å²) in [7, 11) is 0. The molecule has 0 saturated carbocycles. The molecule has 19 heteroatoms. The van der Waals surface area contributed by atoms with Gasteiger partial charge in [-0.25, -0.2) is 4.79 Å². The van der Waals surface area contributed by atoms with Gasteiger partial charge in [-0.2, -0.15) is 0 Å². The van der Waals surface area contributed by atoms with Gasteiger partial charge in [0.1, 0.15) is 60.9 Å². The van der Waals surface area contributed by atoms with Crippen molar-refractivity contribution in [2.24, 2.45) is 0 Å². The average molecular weight is 827 g/mol. The van der Waals surface area contributed by atoms with Crippen LogP contribution in [0.1, 0.15) is 38.2 Å². The van der Waals surface area contributed by atoms with Gasteiger partial charge in [-0.15, -0.1) is 0 Å². The van der Waals surface area contributed by atoms with E-state index >= 15 is 0 Å². The number of nitro groups is 2. The molecule has 0 atom stereocenters. The van der Waals surface area contributed by atoms with Crippen LogP contribution in [0, 0.1) is 20.2 Å². The second kappa shape index (κ2) is 18.4. The Morgan fingerprint density at radius 2 is 1.04 bits per heavy atom. The van der Waals surface area contributed by atoms with Crippen molar-refractivity contribution in [3.8, 4) is 34.5 Å². The van der Waals surface area contributed by atoms with E-state index in [1.54, 1.807) is 48.5 Å². The zero-order chi connectivity index (χ0) is 38.9. The largest absolute Gasteiger partial charge is 1.00 e. The van der Waals surface area contributed by atoms with Crippen molar-refractivity contribution in [2.45, 2.75) is 18.8 Å². The fourth-order valence-corrected chi connectivity index (χ4v) is 6.31. The first-order valence-corrected chi connectivity index (χ1v) is 16.2. The van der Waals surface area contributed by atoms with Gasteiger partial charge in [-0.3, -0.25) is 20.2 Å². The van der Waals surface area contributed by atoms with E-state index in [2.05, 4.69) is 0 Å². The molecular formula is C38H24K2N2O15. The van der Waals surface area contributed by atoms with E-state index in [0.29, 0.717) is 22.3 Å². The predicted molar refractivity (Wildman–Crippen MR) is 181 cm³/mol. The van der Waals surface area contributed by atoms with Crippen molar-refractivity contribution < 1.29 is 166 Å². The van der Waals surface area contributed by atoms with Crippen LogP contribution in [0.25, 0.3) is 0 Å². The number of aliphatic carboxylic acids is 2. The number of hydrogen-bond acceptors (Lipinski definition) is 15. The van der Waals surface area contributed by atoms with Crippen molar-refractivity contribution in [3.63, 3.8) is 0 Å². The number of carbonyl (C=O) groups is 3. The molecule has 2 aliphatic rings. The molecular weight excluding hydrogens is 803 g/mol. The van der Waals surface area contributed by atoms with Crippen molar-refractivity contribution in [2.75, 3.05) is 13.2 Å². The van der Waals surface area contributed by atoms with E-state index in [1.807, 2.05) is 0 Å². The summed E-state index contributed by atoms with van der Waals surface area (Å²) in [5.41, 5.74) is -0.196. The Kier molecular flexibility index (Phi) is 14.1. The van der Waals surface area contributed by atoms with Gasteiger partial charge in [0.25, 0.3) is 11.4 Å². The predicted octanol–water partition coefficient (Wildman–Crippen LogP) is -2.51. The molecule has 0 bridgehead atoms. The molecule has 57 heavy (non-hydrogen) atoms. The fraction of sp³-hybridized carbons (Fsp3) is 0.132. The van der Waals surface area contributed by atoms with Gasteiger partial charge >= 0.3 is 109 Å². The number of nitrogens with zero attached hydrogens (tertiary/aromatic N) is 2. The van der Waals surface area contributed by atoms with E-state index in [-0.39, 0.29) is 173 Å². The first-order valence-electron chi connectivity index (χ1n) is 16.2. The molecule has 278 valence electrons. The number of ether oxygens (including phenoxy) is 6. The van der Waals surface area contributed by atoms with Crippen LogP contribution in [0.3, 0.4) is 0 Å². The monoisotopic (exact) mass is 826 g/mol. The molecule has 2 heterocycles. The van der Waals surface area contributed by atoms with Gasteiger partial charge in [0.05, 0.1) is 38.5 Å². The Morgan fingerprint density at radius 1 is 0.596 bits per heavy atom. The summed E-state index contributed by atoms with van der Waals surface area (Å²) in [4.78, 5) is 57.2. The number of benzene rings is 5. The van der Waals surface area contributed by atoms with Crippen LogP contribution in [0.15, 0.2) is 97.1 Å². The SMILES string of the molecule is O=C([O-])COc1ccc([N+](=O)[O-])c(COc2ccc3c(c2)Oc2cc(OCc4cc(OCC(=O)[O-])ccc4[N+](=O)[O-])ccc2C32OC(=O)c3ccccc32)c1.[K+].[K+]. The van der Waals surface area contributed by atoms with Gasteiger partial charge < -0.3 is 48.2 Å². The van der Waals surface area contributed by atoms with Gasteiger partial charge in [0, 0.05) is 41.0 Å². The molecule has 5 aromatic rings. The third-order valence-electron chi connectivity index (χ3n) is 8.65. The molecule has 0 N–H and O–H groups in total. The Balaban J connectivity index is 0.00000310. The standard InChI is InChI=1S/C38H26N2O15.2K/c41-35(42)19-52-23-7-11-31(39(46)47)21(13-23)17-50-25-5-9-29-33(15-25)54-34-16-26(6-10-30(34)38(29)28-4-2-1-3-27(28)37(45)55-38)51-18-22-14-24(53-20-36(43)44)8-12-32(22)40(48)49;;/h1-16H,17-20H2,(H,41,42)(H,43,44);;/q;2*+1/p-2. The van der Waals surface area contributed by atoms with E-state index in [1.165, 1.54) is 36.4 Å². The molecule has 0 aliphatic carbocycles. The first kappa shape index (κ1) is 43.7. The Bertz CT molecular complexity index is 2290. The van der Waals surface area contributed by atoms with Crippen molar-refractivity contribution in [1.82, 2.24) is 0 Å². The average Bonchev–Trinajstić information content (AvgIpc) is 3.46. The molecule has 0 amide bonds. The molecule has 0 aromatic heterocycles. The number of rotatable bonds is 14. The molecule has 5 aromatic carbocycles. The summed E-state index contributed by atoms with van der Waals surface area (Å²) in [5, 5.41) is 45.2. The molecule has 17 nitrogen and oxygen atoms in total. The van der Waals surface area contributed by atoms with Crippen LogP contribution in [0.2, 0.25) is 0 Å². The summed E-state index contributed by atoms with van der Waals surface area (Å²) in [6, 6.07) is 23.6. The number of fused-ring (bicyclic) bond motifs is 6. The molecule has 0 unspecified atom stereocenters. The molecule has 1 spiro atoms. The number of carboxylic acid groups (broad SMARTS) is 2. The third kappa shape index (κ3) is 9.17. The van der Waals surface area contributed by atoms with Gasteiger partial charge in [-0.05, 0) is 54.6 Å². The maximum absolute atomic E-state index is 13.3. The van der Waals surface area contributed by atoms with Crippen LogP contribution >= 0.6 is 0 Å². The Labute approximate surface area is 406 Å². The Hall–Kier alpha value is -4.42. The first-order chi connectivity index (χ1) is 26.4. The summed E-state index contributed by atoms with van der Waals surface area (Å²) in [5.74, 6) is -2.65. The zero-order valence-corrected chi connectivity index (χ0v) is 36.3. The van der Waals surface area contributed by atoms with Gasteiger partial charge in [-0.1, -0.05) is 18.2 Å². The summed E-state index contributed by atoms with van der Waals surface area (Å²) < 4.78 is 34.6. The molecule has 2 aliphatic heterocycles. The minimum Gasteiger partial charge on any atom is -0.546 e. The van der Waals surface area contributed by atoms with Crippen LogP contribution in [0.4, 0.5) is 11.4 Å². The van der Waals surface area contributed by atoms with Crippen LogP contribution in [-0.4, -0.2) is 41.0 Å². The minimum atomic E-state index is -1.49. The quantitative estimate of drug-likeness (QED) is 0.0487. The second-order valence-electron chi connectivity index (χ2n) is 12.0. The van der Waals surface area contributed by atoms with Gasteiger partial charge in [0.2, 0.25) is 0 Å². The number of nitro benzene ring substituents is 2. The Morgan fingerprint density at radius 3 is 1.49 bits per heavy atom. The van der Waals surface area contributed by atoms with Crippen molar-refractivity contribution in [1.29, 1.82) is 0 Å². The van der Waals surface area contributed by atoms with Gasteiger partial charge in [0.15, 0.2) is 5.60 Å². The maximum atomic E-state index is 13.3. The third-order valence-corrected chi connectivity index (χ3v) is 8.65. The smallest absolute Gasteiger partial charge is 0.546 e. The van der Waals surface area contributed by atoms with E-state index in [4.69, 9.17) is 28.4 Å². The van der Waals surface area contributed by atoms with Crippen molar-refractivity contribution >= 4 is 29.3 Å². The molecule has 0 fully saturated rings. The number of carbonyl (C=O) groups excluding carboxylic acids is 3. The second-order valence-corrected chi connectivity index (χ2v) is 12.0. The molecule has 7 rings (SSSR count). The summed E-state index contributed by atoms with van der Waals surface area (Å²) >= 11 is 0. The van der Waals surface area contributed by atoms with Crippen molar-refractivity contribution in [3.05, 3.63) is 151 Å². The van der Waals surface area contributed by atoms with E-state index in [0.717, 1.165) is 12.1 Å². The minimum absolute atomic E-state index is 0. The number of hydrogen-bond donors (Lipinski definition) is 0. The molecule has 0 saturated heterocycles. The summed E-state index contributed by atoms with van der Waals surface area (Å²) in [6.07, 6.45) is 0. The van der Waals surface area contributed by atoms with Crippen LogP contribution < -0.4 is 137 Å². The topological polar surface area (TPSA) is 239 Å². The zero-order valence-electron chi connectivity index (χ0n) is 30.1. The molecule has 0 radical (unpaired) electrons. The van der Waals surface area contributed by atoms with Crippen LogP contribution in [0.5, 0.6) is 34.5 Å². The summed E-state index contributed by atoms with van der Waals surface area (Å²) in [6.45, 7) is -2.20. The fourth-order valence-electron chi connectivity index (χ4n) is 6.31.